The molecule has 0 amide bonds. The zero-order valence-corrected chi connectivity index (χ0v) is 27.8. The van der Waals surface area contributed by atoms with Crippen LogP contribution in [0, 0.1) is 0 Å². The van der Waals surface area contributed by atoms with Gasteiger partial charge in [0, 0.05) is 15.8 Å². The standard InChI is InChI=1S/C15H23P.C13H27P.2ClH.Pd/c1-15(2,3)16(14-11-7-8-12-14)13-9-5-4-6-10-13;1-12(2,3)14(13(4,5)6)11-9-7-8-10-11;;;/h4-6,9-10,14H,7-8,11-12H2,1-3H3;11H,7-10H2,1-6H3;2*1H;/q;;;;+2. The monoisotopic (exact) mass is 626 g/mol. The Morgan fingerprint density at radius 2 is 1.00 bits per heavy atom. The van der Waals surface area contributed by atoms with Crippen LogP contribution < -0.4 is 5.30 Å². The first-order chi connectivity index (χ1) is 15.2. The van der Waals surface area contributed by atoms with E-state index in [1.165, 1.54) is 51.4 Å². The molecule has 0 saturated heterocycles. The Kier molecular flexibility index (Phi) is 14.6. The van der Waals surface area contributed by atoms with Gasteiger partial charge in [0.15, 0.2) is 0 Å². The molecule has 3 rings (SSSR count). The first-order valence-electron chi connectivity index (χ1n) is 12.9. The van der Waals surface area contributed by atoms with Crippen LogP contribution in [0.25, 0.3) is 0 Å². The Morgan fingerprint density at radius 3 is 1.33 bits per heavy atom. The van der Waals surface area contributed by atoms with Crippen molar-refractivity contribution >= 4 is 40.2 Å². The molecule has 1 unspecified atom stereocenters. The normalized spacial score (nSPS) is 19.2. The Labute approximate surface area is 225 Å². The summed E-state index contributed by atoms with van der Waals surface area (Å²) in [5.74, 6) is 0. The molecule has 0 spiro atoms. The second-order valence-electron chi connectivity index (χ2n) is 13.0. The molecule has 0 aliphatic heterocycles. The van der Waals surface area contributed by atoms with Crippen LogP contribution in [0.15, 0.2) is 30.3 Å². The minimum atomic E-state index is -0.415. The van der Waals surface area contributed by atoms with Gasteiger partial charge in [-0.25, -0.2) is 0 Å². The van der Waals surface area contributed by atoms with E-state index in [2.05, 4.69) is 92.6 Å². The van der Waals surface area contributed by atoms with Crippen LogP contribution in [0.3, 0.4) is 0 Å². The van der Waals surface area contributed by atoms with Crippen LogP contribution in [0.2, 0.25) is 0 Å². The van der Waals surface area contributed by atoms with Crippen LogP contribution in [-0.2, 0) is 15.9 Å². The summed E-state index contributed by atoms with van der Waals surface area (Å²) in [7, 11) is 8.96. The quantitative estimate of drug-likeness (QED) is 0.231. The van der Waals surface area contributed by atoms with E-state index in [9.17, 15) is 0 Å². The Morgan fingerprint density at radius 1 is 0.636 bits per heavy atom. The zero-order chi connectivity index (χ0) is 25.3. The SMILES string of the molecule is CC(C)(C)[PH+](C1CCCC1)C(C)(C)C.CC(C)(C)[PH+](c1ccccc1)C1CCCC1.[Cl][Pd][Cl]. The number of rotatable bonds is 3. The van der Waals surface area contributed by atoms with Gasteiger partial charge in [-0.3, -0.25) is 0 Å². The molecule has 2 aliphatic carbocycles. The van der Waals surface area contributed by atoms with Gasteiger partial charge in [0.2, 0.25) is 0 Å². The Bertz CT molecular complexity index is 621. The van der Waals surface area contributed by atoms with Crippen molar-refractivity contribution < 1.29 is 15.9 Å². The fourth-order valence-corrected chi connectivity index (χ4v) is 16.5. The van der Waals surface area contributed by atoms with Crippen molar-refractivity contribution in [1.82, 2.24) is 0 Å². The van der Waals surface area contributed by atoms with E-state index in [0.29, 0.717) is 15.5 Å². The molecule has 196 valence electrons. The summed E-state index contributed by atoms with van der Waals surface area (Å²) >= 11 is -0.106. The van der Waals surface area contributed by atoms with Crippen LogP contribution in [0.1, 0.15) is 114 Å². The second-order valence-corrected chi connectivity index (χ2v) is 23.7. The predicted octanol–water partition coefficient (Wildman–Crippen LogP) is 10.4. The van der Waals surface area contributed by atoms with E-state index >= 15 is 0 Å². The maximum absolute atomic E-state index is 4.81. The van der Waals surface area contributed by atoms with Gasteiger partial charge in [-0.2, -0.15) is 0 Å². The molecule has 5 heteroatoms. The van der Waals surface area contributed by atoms with E-state index in [4.69, 9.17) is 19.1 Å². The number of halogens is 2. The number of hydrogen-bond donors (Lipinski definition) is 0. The second kappa shape index (κ2) is 14.9. The molecule has 0 radical (unpaired) electrons. The fourth-order valence-electron chi connectivity index (χ4n) is 6.68. The van der Waals surface area contributed by atoms with Crippen molar-refractivity contribution in [2.45, 2.75) is 140 Å². The third-order valence-electron chi connectivity index (χ3n) is 7.04. The summed E-state index contributed by atoms with van der Waals surface area (Å²) in [4.78, 5) is 0. The molecule has 33 heavy (non-hydrogen) atoms. The molecule has 2 saturated carbocycles. The third kappa shape index (κ3) is 11.5. The summed E-state index contributed by atoms with van der Waals surface area (Å²) < 4.78 is 0. The van der Waals surface area contributed by atoms with Crippen molar-refractivity contribution in [2.24, 2.45) is 0 Å². The van der Waals surface area contributed by atoms with Crippen molar-refractivity contribution in [3.8, 4) is 0 Å². The van der Waals surface area contributed by atoms with Gasteiger partial charge in [-0.1, -0.05) is 18.2 Å². The molecule has 0 nitrogen and oxygen atoms in total. The topological polar surface area (TPSA) is 0 Å². The molecule has 0 N–H and O–H groups in total. The van der Waals surface area contributed by atoms with E-state index in [1.54, 1.807) is 5.30 Å². The third-order valence-corrected chi connectivity index (χ3v) is 15.6. The number of hydrogen-bond acceptors (Lipinski definition) is 0. The van der Waals surface area contributed by atoms with Crippen molar-refractivity contribution in [1.29, 1.82) is 0 Å². The minimum absolute atomic E-state index is 0.106. The molecular weight excluding hydrogens is 576 g/mol. The summed E-state index contributed by atoms with van der Waals surface area (Å²) in [5, 5.41) is 3.27. The first-order valence-corrected chi connectivity index (χ1v) is 20.0. The van der Waals surface area contributed by atoms with E-state index in [-0.39, 0.29) is 23.9 Å². The molecule has 2 aliphatic rings. The maximum atomic E-state index is 4.81. The van der Waals surface area contributed by atoms with Crippen LogP contribution in [0.4, 0.5) is 0 Å². The molecular formula is C28H52Cl2P2Pd+2. The van der Waals surface area contributed by atoms with Crippen molar-refractivity contribution in [2.75, 3.05) is 0 Å². The van der Waals surface area contributed by atoms with E-state index in [0.717, 1.165) is 11.3 Å². The van der Waals surface area contributed by atoms with E-state index in [1.807, 2.05) is 0 Å². The summed E-state index contributed by atoms with van der Waals surface area (Å²) in [6, 6.07) is 11.3. The van der Waals surface area contributed by atoms with Gasteiger partial charge in [-0.15, -0.1) is 0 Å². The van der Waals surface area contributed by atoms with Gasteiger partial charge in [-0.05, 0) is 126 Å². The Balaban J connectivity index is 0.000000298. The van der Waals surface area contributed by atoms with Gasteiger partial charge in [0.05, 0.1) is 32.1 Å². The molecule has 0 heterocycles. The van der Waals surface area contributed by atoms with Gasteiger partial charge < -0.3 is 0 Å². The van der Waals surface area contributed by atoms with Gasteiger partial charge in [0.25, 0.3) is 0 Å². The number of benzene rings is 1. The summed E-state index contributed by atoms with van der Waals surface area (Å²) in [5.41, 5.74) is 2.09. The zero-order valence-electron chi connectivity index (χ0n) is 22.8. The Hall–Kier alpha value is 1.32. The average molecular weight is 628 g/mol. The van der Waals surface area contributed by atoms with Crippen LogP contribution >= 0.6 is 34.9 Å². The molecule has 2 fully saturated rings. The molecule has 0 aromatic heterocycles. The van der Waals surface area contributed by atoms with Crippen molar-refractivity contribution in [3.63, 3.8) is 0 Å². The molecule has 1 aromatic rings. The molecule has 1 atom stereocenters. The first kappa shape index (κ1) is 32.4. The van der Waals surface area contributed by atoms with E-state index < -0.39 is 7.92 Å². The van der Waals surface area contributed by atoms with Crippen molar-refractivity contribution in [3.05, 3.63) is 30.3 Å². The van der Waals surface area contributed by atoms with Crippen LogP contribution in [0.5, 0.6) is 0 Å². The summed E-state index contributed by atoms with van der Waals surface area (Å²) in [6.45, 7) is 22.1. The fraction of sp³-hybridized carbons (Fsp3) is 0.786. The van der Waals surface area contributed by atoms with Gasteiger partial charge >= 0.3 is 35.0 Å². The van der Waals surface area contributed by atoms with Gasteiger partial charge in [0.1, 0.15) is 0 Å². The predicted molar refractivity (Wildman–Crippen MR) is 158 cm³/mol. The summed E-state index contributed by atoms with van der Waals surface area (Å²) in [6.07, 6.45) is 11.9. The van der Waals surface area contributed by atoms with Crippen LogP contribution in [-0.4, -0.2) is 26.8 Å². The molecule has 0 bridgehead atoms. The average Bonchev–Trinajstić information content (AvgIpc) is 3.35. The molecule has 1 aromatic carbocycles.